The Morgan fingerprint density at radius 1 is 1.12 bits per heavy atom. The number of hydrogen-bond acceptors (Lipinski definition) is 2. The van der Waals surface area contributed by atoms with Gasteiger partial charge in [0.05, 0.1) is 7.11 Å². The van der Waals surface area contributed by atoms with Crippen LogP contribution in [0.25, 0.3) is 10.8 Å². The van der Waals surface area contributed by atoms with Crippen LogP contribution in [0.2, 0.25) is 0 Å². The molecule has 0 amide bonds. The molecule has 0 fully saturated rings. The maximum absolute atomic E-state index is 11.8. The summed E-state index contributed by atoms with van der Waals surface area (Å²) in [7, 11) is 1.64. The Balaban J connectivity index is 2.73. The van der Waals surface area contributed by atoms with Gasteiger partial charge in [-0.1, -0.05) is 37.3 Å². The lowest BCUT2D eigenvalue weighted by Gasteiger charge is -2.08. The van der Waals surface area contributed by atoms with Crippen molar-refractivity contribution in [2.24, 2.45) is 0 Å². The van der Waals surface area contributed by atoms with Crippen molar-refractivity contribution in [3.05, 3.63) is 42.0 Å². The molecular weight excluding hydrogens is 200 g/mol. The minimum Gasteiger partial charge on any atom is -0.496 e. The van der Waals surface area contributed by atoms with E-state index >= 15 is 0 Å². The second kappa shape index (κ2) is 4.35. The maximum atomic E-state index is 11.8. The summed E-state index contributed by atoms with van der Waals surface area (Å²) < 4.78 is 5.28. The summed E-state index contributed by atoms with van der Waals surface area (Å²) in [6.07, 6.45) is 0.524. The first-order chi connectivity index (χ1) is 7.77. The minimum atomic E-state index is 0.166. The van der Waals surface area contributed by atoms with Crippen LogP contribution in [0.4, 0.5) is 0 Å². The third-order valence-corrected chi connectivity index (χ3v) is 2.72. The van der Waals surface area contributed by atoms with Gasteiger partial charge in [-0.3, -0.25) is 4.79 Å². The fourth-order valence-corrected chi connectivity index (χ4v) is 1.89. The third kappa shape index (κ3) is 1.67. The summed E-state index contributed by atoms with van der Waals surface area (Å²) in [5.41, 5.74) is 0.777. The second-order valence-electron chi connectivity index (χ2n) is 3.64. The predicted molar refractivity (Wildman–Crippen MR) is 65.1 cm³/mol. The Hall–Kier alpha value is -1.83. The number of ether oxygens (including phenoxy) is 1. The summed E-state index contributed by atoms with van der Waals surface area (Å²) in [6, 6.07) is 11.5. The second-order valence-corrected chi connectivity index (χ2v) is 3.64. The van der Waals surface area contributed by atoms with Crippen molar-refractivity contribution in [2.45, 2.75) is 13.3 Å². The molecule has 0 spiro atoms. The molecule has 0 aliphatic rings. The summed E-state index contributed by atoms with van der Waals surface area (Å²) >= 11 is 0. The molecule has 0 bridgehead atoms. The number of Topliss-reactive ketones (excluding diaryl/α,β-unsaturated/α-hetero) is 1. The molecule has 16 heavy (non-hydrogen) atoms. The summed E-state index contributed by atoms with van der Waals surface area (Å²) in [5.74, 6) is 0.974. The maximum Gasteiger partial charge on any atom is 0.163 e. The predicted octanol–water partition coefficient (Wildman–Crippen LogP) is 3.44. The fourth-order valence-electron chi connectivity index (χ4n) is 1.89. The highest BCUT2D eigenvalue weighted by atomic mass is 16.5. The van der Waals surface area contributed by atoms with Gasteiger partial charge in [0.25, 0.3) is 0 Å². The molecule has 0 saturated heterocycles. The molecule has 2 rings (SSSR count). The quantitative estimate of drug-likeness (QED) is 0.731. The smallest absolute Gasteiger partial charge is 0.163 e. The molecule has 2 aromatic rings. The lowest BCUT2D eigenvalue weighted by Crippen LogP contribution is -1.97. The molecule has 0 aromatic heterocycles. The van der Waals surface area contributed by atoms with Crippen molar-refractivity contribution in [1.29, 1.82) is 0 Å². The molecule has 0 aliphatic heterocycles. The van der Waals surface area contributed by atoms with Crippen LogP contribution in [0.3, 0.4) is 0 Å². The Labute approximate surface area is 94.8 Å². The molecule has 2 heteroatoms. The first-order valence-corrected chi connectivity index (χ1v) is 5.37. The Morgan fingerprint density at radius 2 is 1.81 bits per heavy atom. The molecule has 0 N–H and O–H groups in total. The zero-order chi connectivity index (χ0) is 11.5. The Kier molecular flexibility index (Phi) is 2.91. The zero-order valence-corrected chi connectivity index (χ0v) is 9.49. The van der Waals surface area contributed by atoms with E-state index < -0.39 is 0 Å². The van der Waals surface area contributed by atoms with Crippen LogP contribution in [0.5, 0.6) is 5.75 Å². The Bertz CT molecular complexity index is 529. The lowest BCUT2D eigenvalue weighted by molar-refractivity contribution is 0.0990. The number of carbonyl (C=O) groups is 1. The topological polar surface area (TPSA) is 26.3 Å². The summed E-state index contributed by atoms with van der Waals surface area (Å²) in [6.45, 7) is 1.88. The number of hydrogen-bond donors (Lipinski definition) is 0. The van der Waals surface area contributed by atoms with Gasteiger partial charge in [-0.2, -0.15) is 0 Å². The monoisotopic (exact) mass is 214 g/mol. The number of methoxy groups -OCH3 is 1. The molecule has 0 aliphatic carbocycles. The molecule has 0 unspecified atom stereocenters. The van der Waals surface area contributed by atoms with Crippen LogP contribution in [0, 0.1) is 0 Å². The van der Waals surface area contributed by atoms with E-state index in [1.807, 2.05) is 43.3 Å². The van der Waals surface area contributed by atoms with Gasteiger partial charge in [0.1, 0.15) is 5.75 Å². The standard InChI is InChI=1S/C14H14O2/c1-3-13(15)11-7-4-8-12-10(11)6-5-9-14(12)16-2/h4-9H,3H2,1-2H3. The highest BCUT2D eigenvalue weighted by molar-refractivity contribution is 6.09. The van der Waals surface area contributed by atoms with Crippen molar-refractivity contribution >= 4 is 16.6 Å². The van der Waals surface area contributed by atoms with Gasteiger partial charge in [-0.15, -0.1) is 0 Å². The van der Waals surface area contributed by atoms with Crippen LogP contribution in [0.15, 0.2) is 36.4 Å². The zero-order valence-electron chi connectivity index (χ0n) is 9.49. The number of benzene rings is 2. The molecule has 0 atom stereocenters. The highest BCUT2D eigenvalue weighted by Crippen LogP contribution is 2.28. The van der Waals surface area contributed by atoms with E-state index in [1.54, 1.807) is 7.11 Å². The van der Waals surface area contributed by atoms with Crippen molar-refractivity contribution in [1.82, 2.24) is 0 Å². The average molecular weight is 214 g/mol. The van der Waals surface area contributed by atoms with Gasteiger partial charge in [-0.05, 0) is 11.5 Å². The van der Waals surface area contributed by atoms with Crippen molar-refractivity contribution < 1.29 is 9.53 Å². The Morgan fingerprint density at radius 3 is 2.50 bits per heavy atom. The first kappa shape index (κ1) is 10.7. The lowest BCUT2D eigenvalue weighted by atomic mass is 10.00. The van der Waals surface area contributed by atoms with Gasteiger partial charge < -0.3 is 4.74 Å². The average Bonchev–Trinajstić information content (AvgIpc) is 2.36. The van der Waals surface area contributed by atoms with Crippen LogP contribution in [-0.4, -0.2) is 12.9 Å². The van der Waals surface area contributed by atoms with Crippen LogP contribution < -0.4 is 4.74 Å². The van der Waals surface area contributed by atoms with E-state index in [1.165, 1.54) is 0 Å². The third-order valence-electron chi connectivity index (χ3n) is 2.72. The number of ketones is 1. The number of rotatable bonds is 3. The number of carbonyl (C=O) groups excluding carboxylic acids is 1. The molecule has 0 radical (unpaired) electrons. The fraction of sp³-hybridized carbons (Fsp3) is 0.214. The highest BCUT2D eigenvalue weighted by Gasteiger charge is 2.09. The van der Waals surface area contributed by atoms with Gasteiger partial charge in [0.15, 0.2) is 5.78 Å². The van der Waals surface area contributed by atoms with E-state index in [-0.39, 0.29) is 5.78 Å². The van der Waals surface area contributed by atoms with Gasteiger partial charge in [0.2, 0.25) is 0 Å². The summed E-state index contributed by atoms with van der Waals surface area (Å²) in [5, 5.41) is 1.96. The molecule has 0 heterocycles. The molecule has 0 saturated carbocycles. The first-order valence-electron chi connectivity index (χ1n) is 5.37. The van der Waals surface area contributed by atoms with Crippen molar-refractivity contribution in [3.63, 3.8) is 0 Å². The van der Waals surface area contributed by atoms with Gasteiger partial charge in [0, 0.05) is 17.4 Å². The van der Waals surface area contributed by atoms with E-state index in [0.29, 0.717) is 6.42 Å². The SMILES string of the molecule is CCC(=O)c1cccc2c(OC)cccc12. The van der Waals surface area contributed by atoms with E-state index in [0.717, 1.165) is 22.1 Å². The van der Waals surface area contributed by atoms with Crippen LogP contribution in [0.1, 0.15) is 23.7 Å². The van der Waals surface area contributed by atoms with Gasteiger partial charge in [-0.25, -0.2) is 0 Å². The minimum absolute atomic E-state index is 0.166. The molecule has 82 valence electrons. The normalized spacial score (nSPS) is 10.4. The number of fused-ring (bicyclic) bond motifs is 1. The summed E-state index contributed by atoms with van der Waals surface area (Å²) in [4.78, 5) is 11.8. The van der Waals surface area contributed by atoms with E-state index in [2.05, 4.69) is 0 Å². The van der Waals surface area contributed by atoms with Crippen LogP contribution in [-0.2, 0) is 0 Å². The van der Waals surface area contributed by atoms with Crippen molar-refractivity contribution in [2.75, 3.05) is 7.11 Å². The molecular formula is C14H14O2. The largest absolute Gasteiger partial charge is 0.496 e. The van der Waals surface area contributed by atoms with Crippen LogP contribution >= 0.6 is 0 Å². The van der Waals surface area contributed by atoms with E-state index in [9.17, 15) is 4.79 Å². The van der Waals surface area contributed by atoms with Crippen molar-refractivity contribution in [3.8, 4) is 5.75 Å². The molecule has 2 nitrogen and oxygen atoms in total. The van der Waals surface area contributed by atoms with E-state index in [4.69, 9.17) is 4.74 Å². The van der Waals surface area contributed by atoms with Gasteiger partial charge >= 0.3 is 0 Å². The molecule has 2 aromatic carbocycles.